The summed E-state index contributed by atoms with van der Waals surface area (Å²) in [4.78, 5) is 18.1. The molecule has 1 saturated heterocycles. The second-order valence-corrected chi connectivity index (χ2v) is 6.40. The molecule has 2 N–H and O–H groups in total. The second-order valence-electron chi connectivity index (χ2n) is 6.40. The summed E-state index contributed by atoms with van der Waals surface area (Å²) in [6, 6.07) is 12.1. The maximum absolute atomic E-state index is 4.81. The van der Waals surface area contributed by atoms with E-state index in [1.807, 2.05) is 24.3 Å². The number of nitrogens with zero attached hydrogens (tertiary/aromatic N) is 5. The summed E-state index contributed by atoms with van der Waals surface area (Å²) in [5, 5.41) is 6.85. The maximum Gasteiger partial charge on any atom is 0.225 e. The smallest absolute Gasteiger partial charge is 0.225 e. The zero-order valence-corrected chi connectivity index (χ0v) is 18.8. The monoisotopic (exact) mass is 495 g/mol. The maximum atomic E-state index is 4.81. The highest BCUT2D eigenvalue weighted by atomic mass is 127. The molecule has 2 aromatic rings. The first-order valence-corrected chi connectivity index (χ1v) is 9.71. The molecule has 2 heterocycles. The highest BCUT2D eigenvalue weighted by molar-refractivity contribution is 14.0. The van der Waals surface area contributed by atoms with Crippen LogP contribution in [0.4, 0.5) is 11.6 Å². The fraction of sp³-hybridized carbons (Fsp3) is 0.450. The number of piperazine rings is 1. The highest BCUT2D eigenvalue weighted by Gasteiger charge is 2.20. The number of rotatable bonds is 7. The zero-order valence-electron chi connectivity index (χ0n) is 16.4. The number of benzene rings is 1. The average Bonchev–Trinajstić information content (AvgIpc) is 2.74. The molecule has 3 rings (SSSR count). The number of nitrogens with one attached hydrogen (secondary N) is 2. The molecule has 0 radical (unpaired) electrons. The minimum atomic E-state index is 0. The van der Waals surface area contributed by atoms with Gasteiger partial charge in [0.15, 0.2) is 5.96 Å². The molecule has 0 bridgehead atoms. The molecule has 0 unspecified atom stereocenters. The lowest BCUT2D eigenvalue weighted by atomic mass is 10.3. The molecule has 1 aliphatic rings. The van der Waals surface area contributed by atoms with Crippen molar-refractivity contribution >= 4 is 41.6 Å². The van der Waals surface area contributed by atoms with Crippen molar-refractivity contribution in [2.45, 2.75) is 13.3 Å². The van der Waals surface area contributed by atoms with Gasteiger partial charge in [0.1, 0.15) is 0 Å². The Kier molecular flexibility index (Phi) is 9.81. The van der Waals surface area contributed by atoms with E-state index in [9.17, 15) is 0 Å². The number of hydrogen-bond donors (Lipinski definition) is 2. The van der Waals surface area contributed by atoms with Crippen LogP contribution >= 0.6 is 24.0 Å². The van der Waals surface area contributed by atoms with Crippen molar-refractivity contribution in [3.05, 3.63) is 48.8 Å². The zero-order chi connectivity index (χ0) is 18.7. The average molecular weight is 495 g/mol. The molecular formula is C20H30IN7. The quantitative estimate of drug-likeness (QED) is 0.267. The Morgan fingerprint density at radius 2 is 1.75 bits per heavy atom. The van der Waals surface area contributed by atoms with Crippen molar-refractivity contribution in [1.29, 1.82) is 0 Å². The standard InChI is InChI=1S/C20H29N7.HI/c1-2-21-19(23-11-6-10-22-18-8-4-3-5-9-18)26-14-16-27(17-15-26)20-24-12-7-13-25-20;/h3-5,7-9,12-13,22H,2,6,10-11,14-17H2,1H3,(H,21,23);1H. The Balaban J connectivity index is 0.00000280. The van der Waals surface area contributed by atoms with Gasteiger partial charge < -0.3 is 20.4 Å². The molecule has 0 amide bonds. The van der Waals surface area contributed by atoms with E-state index >= 15 is 0 Å². The Labute approximate surface area is 184 Å². The fourth-order valence-electron chi connectivity index (χ4n) is 3.05. The topological polar surface area (TPSA) is 68.7 Å². The van der Waals surface area contributed by atoms with E-state index in [0.29, 0.717) is 0 Å². The number of anilines is 2. The van der Waals surface area contributed by atoms with Gasteiger partial charge in [-0.3, -0.25) is 4.99 Å². The van der Waals surface area contributed by atoms with E-state index in [-0.39, 0.29) is 24.0 Å². The fourth-order valence-corrected chi connectivity index (χ4v) is 3.05. The van der Waals surface area contributed by atoms with Crippen LogP contribution in [0.25, 0.3) is 0 Å². The third-order valence-electron chi connectivity index (χ3n) is 4.45. The number of aromatic nitrogens is 2. The van der Waals surface area contributed by atoms with Gasteiger partial charge in [-0.25, -0.2) is 9.97 Å². The summed E-state index contributed by atoms with van der Waals surface area (Å²) < 4.78 is 0. The molecule has 0 saturated carbocycles. The van der Waals surface area contributed by atoms with E-state index in [1.165, 1.54) is 0 Å². The lowest BCUT2D eigenvalue weighted by Crippen LogP contribution is -2.53. The predicted octanol–water partition coefficient (Wildman–Crippen LogP) is 2.68. The third-order valence-corrected chi connectivity index (χ3v) is 4.45. The number of aliphatic imine (C=N–C) groups is 1. The van der Waals surface area contributed by atoms with E-state index in [2.05, 4.69) is 49.5 Å². The first-order valence-electron chi connectivity index (χ1n) is 9.71. The van der Waals surface area contributed by atoms with Gasteiger partial charge in [-0.2, -0.15) is 0 Å². The van der Waals surface area contributed by atoms with Crippen molar-refractivity contribution in [1.82, 2.24) is 20.2 Å². The Morgan fingerprint density at radius 3 is 2.43 bits per heavy atom. The minimum absolute atomic E-state index is 0. The van der Waals surface area contributed by atoms with Crippen LogP contribution in [0.5, 0.6) is 0 Å². The molecule has 1 aliphatic heterocycles. The Bertz CT molecular complexity index is 688. The van der Waals surface area contributed by atoms with E-state index < -0.39 is 0 Å². The summed E-state index contributed by atoms with van der Waals surface area (Å²) >= 11 is 0. The summed E-state index contributed by atoms with van der Waals surface area (Å²) in [6.07, 6.45) is 4.59. The number of para-hydroxylation sites is 1. The highest BCUT2D eigenvalue weighted by Crippen LogP contribution is 2.10. The Hall–Kier alpha value is -2.10. The molecule has 0 aliphatic carbocycles. The molecule has 1 fully saturated rings. The lowest BCUT2D eigenvalue weighted by molar-refractivity contribution is 0.370. The lowest BCUT2D eigenvalue weighted by Gasteiger charge is -2.36. The summed E-state index contributed by atoms with van der Waals surface area (Å²) in [5.74, 6) is 1.82. The second kappa shape index (κ2) is 12.4. The van der Waals surface area contributed by atoms with Gasteiger partial charge in [0, 0.05) is 63.9 Å². The summed E-state index contributed by atoms with van der Waals surface area (Å²) in [5.41, 5.74) is 1.16. The predicted molar refractivity (Wildman–Crippen MR) is 127 cm³/mol. The summed E-state index contributed by atoms with van der Waals surface area (Å²) in [7, 11) is 0. The molecular weight excluding hydrogens is 465 g/mol. The van der Waals surface area contributed by atoms with Crippen molar-refractivity contribution in [2.24, 2.45) is 4.99 Å². The molecule has 0 spiro atoms. The van der Waals surface area contributed by atoms with Gasteiger partial charge in [0.2, 0.25) is 5.95 Å². The largest absolute Gasteiger partial charge is 0.385 e. The SMILES string of the molecule is CCNC(=NCCCNc1ccccc1)N1CCN(c2ncccn2)CC1.I. The normalized spacial score (nSPS) is 14.4. The third kappa shape index (κ3) is 6.81. The van der Waals surface area contributed by atoms with Gasteiger partial charge in [-0.05, 0) is 31.5 Å². The van der Waals surface area contributed by atoms with Gasteiger partial charge in [0.25, 0.3) is 0 Å². The van der Waals surface area contributed by atoms with Crippen molar-refractivity contribution < 1.29 is 0 Å². The van der Waals surface area contributed by atoms with Crippen LogP contribution in [0, 0.1) is 0 Å². The van der Waals surface area contributed by atoms with Crippen LogP contribution in [0.1, 0.15) is 13.3 Å². The van der Waals surface area contributed by atoms with Crippen LogP contribution in [-0.2, 0) is 0 Å². The number of guanidine groups is 1. The summed E-state index contributed by atoms with van der Waals surface area (Å²) in [6.45, 7) is 8.38. The van der Waals surface area contributed by atoms with Crippen molar-refractivity contribution in [3.8, 4) is 0 Å². The van der Waals surface area contributed by atoms with Gasteiger partial charge in [-0.1, -0.05) is 18.2 Å². The van der Waals surface area contributed by atoms with Crippen LogP contribution < -0.4 is 15.5 Å². The number of halogens is 1. The van der Waals surface area contributed by atoms with E-state index in [1.54, 1.807) is 12.4 Å². The minimum Gasteiger partial charge on any atom is -0.385 e. The van der Waals surface area contributed by atoms with Crippen molar-refractivity contribution in [2.75, 3.05) is 56.0 Å². The molecule has 0 atom stereocenters. The van der Waals surface area contributed by atoms with E-state index in [0.717, 1.165) is 69.8 Å². The number of hydrogen-bond acceptors (Lipinski definition) is 5. The van der Waals surface area contributed by atoms with Crippen LogP contribution in [0.3, 0.4) is 0 Å². The van der Waals surface area contributed by atoms with Crippen molar-refractivity contribution in [3.63, 3.8) is 0 Å². The first-order chi connectivity index (χ1) is 13.4. The molecule has 1 aromatic heterocycles. The van der Waals surface area contributed by atoms with Gasteiger partial charge in [0.05, 0.1) is 0 Å². The van der Waals surface area contributed by atoms with Gasteiger partial charge in [-0.15, -0.1) is 24.0 Å². The van der Waals surface area contributed by atoms with Crippen LogP contribution in [0.2, 0.25) is 0 Å². The molecule has 28 heavy (non-hydrogen) atoms. The molecule has 1 aromatic carbocycles. The van der Waals surface area contributed by atoms with E-state index in [4.69, 9.17) is 4.99 Å². The molecule has 8 heteroatoms. The Morgan fingerprint density at radius 1 is 1.04 bits per heavy atom. The molecule has 152 valence electrons. The molecule has 7 nitrogen and oxygen atoms in total. The van der Waals surface area contributed by atoms with Crippen LogP contribution in [-0.4, -0.2) is 66.6 Å². The first kappa shape index (κ1) is 22.2. The van der Waals surface area contributed by atoms with Crippen LogP contribution in [0.15, 0.2) is 53.8 Å². The van der Waals surface area contributed by atoms with Gasteiger partial charge >= 0.3 is 0 Å².